The number of allylic oxidation sites excluding steroid dienone is 4. The minimum absolute atomic E-state index is 0.0321. The van der Waals surface area contributed by atoms with Crippen molar-refractivity contribution in [3.05, 3.63) is 155 Å². The highest BCUT2D eigenvalue weighted by molar-refractivity contribution is 7.45. The Hall–Kier alpha value is -6.28. The molecule has 0 radical (unpaired) electrons. The Bertz CT molecular complexity index is 2490. The lowest BCUT2D eigenvalue weighted by atomic mass is 9.90. The lowest BCUT2D eigenvalue weighted by Crippen LogP contribution is -2.27. The van der Waals surface area contributed by atoms with Crippen LogP contribution in [0, 0.1) is 19.3 Å². The van der Waals surface area contributed by atoms with Gasteiger partial charge in [-0.15, -0.1) is 6.42 Å². The van der Waals surface area contributed by atoms with Crippen LogP contribution in [0.3, 0.4) is 0 Å². The zero-order chi connectivity index (χ0) is 38.7. The van der Waals surface area contributed by atoms with Gasteiger partial charge in [-0.3, -0.25) is 4.99 Å². The fourth-order valence-electron chi connectivity index (χ4n) is 7.05. The van der Waals surface area contributed by atoms with Crippen LogP contribution in [0.15, 0.2) is 132 Å². The van der Waals surface area contributed by atoms with Crippen molar-refractivity contribution in [1.82, 2.24) is 0 Å². The van der Waals surface area contributed by atoms with E-state index in [2.05, 4.69) is 85.0 Å². The van der Waals surface area contributed by atoms with Crippen molar-refractivity contribution in [1.29, 1.82) is 0 Å². The Labute approximate surface area is 318 Å². The summed E-state index contributed by atoms with van der Waals surface area (Å²) in [6.07, 6.45) is 17.8. The summed E-state index contributed by atoms with van der Waals surface area (Å²) in [7, 11) is 0.870. The van der Waals surface area contributed by atoms with Crippen LogP contribution >= 0.6 is 8.58 Å². The molecule has 0 bridgehead atoms. The number of para-hydroxylation sites is 1. The van der Waals surface area contributed by atoms with Crippen LogP contribution in [0.5, 0.6) is 23.0 Å². The van der Waals surface area contributed by atoms with E-state index < -0.39 is 23.0 Å². The normalized spacial score (nSPS) is 15.7. The first-order valence-corrected chi connectivity index (χ1v) is 18.7. The highest BCUT2D eigenvalue weighted by atomic mass is 31.1. The number of rotatable bonds is 7. The molecule has 270 valence electrons. The summed E-state index contributed by atoms with van der Waals surface area (Å²) in [4.78, 5) is 6.93. The molecule has 1 heterocycles. The molecule has 2 unspecified atom stereocenters. The van der Waals surface area contributed by atoms with Crippen LogP contribution in [-0.2, 0) is 0 Å². The SMILES string of the molecule is C#C/C=C\c1c(C=C)c2ccccc2c2cc(C(=C)N=C(C)c3c(O)c(O)c(C)c(O)c3O)ccc12.C=C(C)C1PC2=C(C=CCC2)N1c1ccccc1. The van der Waals surface area contributed by atoms with Crippen molar-refractivity contribution >= 4 is 59.4 Å². The number of nitrogens with zero attached hydrogens (tertiary/aromatic N) is 2. The molecule has 4 N–H and O–H groups in total. The van der Waals surface area contributed by atoms with Crippen molar-refractivity contribution in [2.24, 2.45) is 4.99 Å². The first kappa shape index (κ1) is 37.5. The summed E-state index contributed by atoms with van der Waals surface area (Å²) < 4.78 is 0. The van der Waals surface area contributed by atoms with Gasteiger partial charge >= 0.3 is 0 Å². The second kappa shape index (κ2) is 15.8. The summed E-state index contributed by atoms with van der Waals surface area (Å²) >= 11 is 0. The number of terminal acetylenes is 1. The van der Waals surface area contributed by atoms with E-state index in [1.165, 1.54) is 36.7 Å². The van der Waals surface area contributed by atoms with Crippen molar-refractivity contribution in [2.75, 3.05) is 4.90 Å². The van der Waals surface area contributed by atoms with E-state index >= 15 is 0 Å². The molecule has 0 fully saturated rings. The topological polar surface area (TPSA) is 96.5 Å². The minimum Gasteiger partial charge on any atom is -0.504 e. The first-order chi connectivity index (χ1) is 26.0. The maximum Gasteiger partial charge on any atom is 0.171 e. The Morgan fingerprint density at radius 2 is 1.52 bits per heavy atom. The molecule has 7 rings (SSSR count). The van der Waals surface area contributed by atoms with E-state index in [0.717, 1.165) is 41.3 Å². The van der Waals surface area contributed by atoms with Crippen molar-refractivity contribution in [3.8, 4) is 35.3 Å². The summed E-state index contributed by atoms with van der Waals surface area (Å²) in [5, 5.41) is 46.6. The Kier molecular flexibility index (Phi) is 10.9. The number of hydrogen-bond donors (Lipinski definition) is 4. The number of fused-ring (bicyclic) bond motifs is 3. The molecule has 1 aliphatic heterocycles. The van der Waals surface area contributed by atoms with Gasteiger partial charge in [0, 0.05) is 22.5 Å². The van der Waals surface area contributed by atoms with Gasteiger partial charge in [0.1, 0.15) is 0 Å². The fourth-order valence-corrected chi connectivity index (χ4v) is 8.68. The molecule has 5 aromatic carbocycles. The molecule has 1 aliphatic carbocycles. The molecule has 2 aliphatic rings. The number of benzene rings is 5. The Morgan fingerprint density at radius 3 is 2.17 bits per heavy atom. The predicted molar refractivity (Wildman–Crippen MR) is 230 cm³/mol. The van der Waals surface area contributed by atoms with E-state index in [1.807, 2.05) is 54.6 Å². The van der Waals surface area contributed by atoms with E-state index in [4.69, 9.17) is 6.42 Å². The van der Waals surface area contributed by atoms with Crippen LogP contribution in [0.2, 0.25) is 0 Å². The summed E-state index contributed by atoms with van der Waals surface area (Å²) in [5.74, 6) is 0.820. The predicted octanol–water partition coefficient (Wildman–Crippen LogP) is 11.5. The molecular formula is C47H43N2O4P. The van der Waals surface area contributed by atoms with Gasteiger partial charge in [0.05, 0.1) is 22.8 Å². The molecule has 6 nitrogen and oxygen atoms in total. The quantitative estimate of drug-likeness (QED) is 0.0254. The van der Waals surface area contributed by atoms with Crippen LogP contribution in [-0.4, -0.2) is 31.9 Å². The number of phenols is 4. The minimum atomic E-state index is -0.566. The summed E-state index contributed by atoms with van der Waals surface area (Å²) in [6, 6.07) is 24.5. The molecule has 54 heavy (non-hydrogen) atoms. The average molecular weight is 731 g/mol. The van der Waals surface area contributed by atoms with Gasteiger partial charge < -0.3 is 25.3 Å². The third-order valence-electron chi connectivity index (χ3n) is 9.76. The zero-order valence-electron chi connectivity index (χ0n) is 30.7. The molecule has 0 aromatic heterocycles. The monoisotopic (exact) mass is 730 g/mol. The summed E-state index contributed by atoms with van der Waals surface area (Å²) in [6.45, 7) is 17.3. The molecule has 0 saturated heterocycles. The van der Waals surface area contributed by atoms with Gasteiger partial charge in [-0.2, -0.15) is 0 Å². The van der Waals surface area contributed by atoms with Crippen molar-refractivity contribution < 1.29 is 20.4 Å². The number of phenolic OH excluding ortho intramolecular Hbond substituents is 4. The zero-order valence-corrected chi connectivity index (χ0v) is 31.7. The van der Waals surface area contributed by atoms with Gasteiger partial charge in [0.25, 0.3) is 0 Å². The van der Waals surface area contributed by atoms with E-state index in [1.54, 1.807) is 18.3 Å². The maximum absolute atomic E-state index is 10.4. The lowest BCUT2D eigenvalue weighted by Gasteiger charge is -2.29. The van der Waals surface area contributed by atoms with E-state index in [9.17, 15) is 20.4 Å². The van der Waals surface area contributed by atoms with Gasteiger partial charge in [0.15, 0.2) is 23.0 Å². The van der Waals surface area contributed by atoms with Crippen LogP contribution < -0.4 is 4.90 Å². The highest BCUT2D eigenvalue weighted by Crippen LogP contribution is 2.51. The smallest absolute Gasteiger partial charge is 0.171 e. The standard InChI is InChI=1S/C31H25NO4.C16H18NP/c1-6-8-11-22-21(7-2)23-12-9-10-13-24(23)26-16-20(14-15-25(22)26)18(4)32-19(5)27-30(35)28(33)17(3)29(34)31(27)36;1-12(2)16-17(13-8-4-3-5-9-13)14-10-6-7-11-15(14)18-16/h1,7-16,33-36H,2,4H2,3,5H3;3-6,8-10,16,18H,1,7,11H2,2H3/b11-8-,32-19?;. The number of anilines is 1. The van der Waals surface area contributed by atoms with Crippen LogP contribution in [0.1, 0.15) is 54.5 Å². The third-order valence-corrected chi connectivity index (χ3v) is 11.6. The van der Waals surface area contributed by atoms with Gasteiger partial charge in [-0.25, -0.2) is 0 Å². The lowest BCUT2D eigenvalue weighted by molar-refractivity contribution is 0.367. The van der Waals surface area contributed by atoms with Gasteiger partial charge in [-0.05, 0) is 108 Å². The Balaban J connectivity index is 0.000000229. The molecule has 0 saturated carbocycles. The third kappa shape index (κ3) is 6.95. The number of hydrogen-bond acceptors (Lipinski definition) is 6. The molecule has 2 atom stereocenters. The second-order valence-corrected chi connectivity index (χ2v) is 14.7. The highest BCUT2D eigenvalue weighted by Gasteiger charge is 2.32. The average Bonchev–Trinajstić information content (AvgIpc) is 3.59. The molecule has 5 aromatic rings. The van der Waals surface area contributed by atoms with Crippen molar-refractivity contribution in [3.63, 3.8) is 0 Å². The maximum atomic E-state index is 10.4. The fraction of sp³-hybridized carbons (Fsp3) is 0.128. The number of aliphatic imine (C=N–C) groups is 1. The van der Waals surface area contributed by atoms with E-state index in [-0.39, 0.29) is 16.8 Å². The molecule has 0 amide bonds. The summed E-state index contributed by atoms with van der Waals surface area (Å²) in [5.41, 5.74) is 6.95. The van der Waals surface area contributed by atoms with Crippen molar-refractivity contribution in [2.45, 2.75) is 39.4 Å². The number of aromatic hydroxyl groups is 4. The van der Waals surface area contributed by atoms with Gasteiger partial charge in [-0.1, -0.05) is 107 Å². The Morgan fingerprint density at radius 1 is 0.870 bits per heavy atom. The first-order valence-electron chi connectivity index (χ1n) is 17.6. The molecule has 7 heteroatoms. The van der Waals surface area contributed by atoms with Crippen LogP contribution in [0.25, 0.3) is 39.4 Å². The van der Waals surface area contributed by atoms with E-state index in [0.29, 0.717) is 17.0 Å². The van der Waals surface area contributed by atoms with Crippen LogP contribution in [0.4, 0.5) is 5.69 Å². The van der Waals surface area contributed by atoms with Gasteiger partial charge in [0.2, 0.25) is 0 Å². The second-order valence-electron chi connectivity index (χ2n) is 13.3. The molecule has 0 spiro atoms. The molecular weight excluding hydrogens is 688 g/mol. The largest absolute Gasteiger partial charge is 0.504 e.